The number of anilines is 1. The molecule has 0 bridgehead atoms. The molecular formula is C16H18N2OS. The first-order chi connectivity index (χ1) is 9.72. The van der Waals surface area contributed by atoms with Gasteiger partial charge in [0.05, 0.1) is 20.2 Å². The Hall–Kier alpha value is -1.96. The van der Waals surface area contributed by atoms with Crippen LogP contribution in [0.1, 0.15) is 10.4 Å². The third-order valence-electron chi connectivity index (χ3n) is 2.89. The van der Waals surface area contributed by atoms with E-state index in [4.69, 9.17) is 10.5 Å². The lowest BCUT2D eigenvalue weighted by atomic mass is 10.2. The fourth-order valence-electron chi connectivity index (χ4n) is 1.84. The molecule has 1 aromatic carbocycles. The predicted octanol–water partition coefficient (Wildman–Crippen LogP) is 2.70. The summed E-state index contributed by atoms with van der Waals surface area (Å²) in [6, 6.07) is 10.2. The van der Waals surface area contributed by atoms with Crippen LogP contribution < -0.4 is 15.4 Å². The van der Waals surface area contributed by atoms with Crippen molar-refractivity contribution in [1.29, 1.82) is 0 Å². The first-order valence-electron chi connectivity index (χ1n) is 6.34. The fourth-order valence-corrected chi connectivity index (χ4v) is 2.71. The lowest BCUT2D eigenvalue weighted by molar-refractivity contribution is 0.415. The molecule has 2 aromatic rings. The zero-order valence-electron chi connectivity index (χ0n) is 11.7. The third kappa shape index (κ3) is 3.77. The van der Waals surface area contributed by atoms with E-state index < -0.39 is 0 Å². The monoisotopic (exact) mass is 286 g/mol. The largest absolute Gasteiger partial charge is 0.497 e. The summed E-state index contributed by atoms with van der Waals surface area (Å²) in [5.74, 6) is 6.80. The summed E-state index contributed by atoms with van der Waals surface area (Å²) in [4.78, 5) is 3.48. The van der Waals surface area contributed by atoms with Crippen LogP contribution in [0.3, 0.4) is 0 Å². The van der Waals surface area contributed by atoms with Gasteiger partial charge in [-0.2, -0.15) is 0 Å². The maximum absolute atomic E-state index is 5.37. The van der Waals surface area contributed by atoms with E-state index in [1.807, 2.05) is 12.1 Å². The van der Waals surface area contributed by atoms with Gasteiger partial charge >= 0.3 is 0 Å². The highest BCUT2D eigenvalue weighted by Gasteiger charge is 2.04. The Morgan fingerprint density at radius 2 is 2.05 bits per heavy atom. The van der Waals surface area contributed by atoms with E-state index in [1.165, 1.54) is 4.88 Å². The van der Waals surface area contributed by atoms with E-state index in [-0.39, 0.29) is 0 Å². The van der Waals surface area contributed by atoms with Crippen LogP contribution in [0, 0.1) is 11.8 Å². The second-order valence-corrected chi connectivity index (χ2v) is 5.36. The van der Waals surface area contributed by atoms with E-state index in [0.717, 1.165) is 23.5 Å². The molecule has 0 aliphatic carbocycles. The Kier molecular flexibility index (Phi) is 5.05. The summed E-state index contributed by atoms with van der Waals surface area (Å²) in [5, 5.41) is 2.07. The van der Waals surface area contributed by atoms with Gasteiger partial charge in [0.2, 0.25) is 0 Å². The smallest absolute Gasteiger partial charge is 0.119 e. The number of ether oxygens (including phenoxy) is 1. The first-order valence-corrected chi connectivity index (χ1v) is 7.22. The van der Waals surface area contributed by atoms with Crippen LogP contribution in [0.2, 0.25) is 0 Å². The van der Waals surface area contributed by atoms with E-state index in [1.54, 1.807) is 18.4 Å². The maximum Gasteiger partial charge on any atom is 0.119 e. The van der Waals surface area contributed by atoms with Crippen LogP contribution in [0.25, 0.3) is 0 Å². The molecule has 0 aliphatic rings. The highest BCUT2D eigenvalue weighted by atomic mass is 32.1. The first kappa shape index (κ1) is 14.4. The summed E-state index contributed by atoms with van der Waals surface area (Å²) >= 11 is 1.72. The van der Waals surface area contributed by atoms with Crippen LogP contribution in [-0.4, -0.2) is 20.7 Å². The van der Waals surface area contributed by atoms with Crippen LogP contribution >= 0.6 is 11.3 Å². The van der Waals surface area contributed by atoms with Crippen molar-refractivity contribution in [3.8, 4) is 17.6 Å². The molecule has 0 saturated carbocycles. The number of methoxy groups -OCH3 is 1. The summed E-state index contributed by atoms with van der Waals surface area (Å²) in [7, 11) is 3.75. The number of benzene rings is 1. The third-order valence-corrected chi connectivity index (χ3v) is 3.82. The van der Waals surface area contributed by atoms with Crippen molar-refractivity contribution in [1.82, 2.24) is 0 Å². The summed E-state index contributed by atoms with van der Waals surface area (Å²) in [5.41, 5.74) is 7.58. The van der Waals surface area contributed by atoms with Crippen molar-refractivity contribution in [3.05, 3.63) is 46.2 Å². The van der Waals surface area contributed by atoms with Gasteiger partial charge in [-0.25, -0.2) is 0 Å². The molecule has 0 spiro atoms. The Morgan fingerprint density at radius 1 is 1.30 bits per heavy atom. The van der Waals surface area contributed by atoms with Gasteiger partial charge in [-0.05, 0) is 30.3 Å². The zero-order valence-corrected chi connectivity index (χ0v) is 12.5. The SMILES string of the molecule is COc1ccc(N(C)Cc2cc(C#CCN)cs2)cc1. The van der Waals surface area contributed by atoms with Crippen LogP contribution in [0.5, 0.6) is 5.75 Å². The molecule has 104 valence electrons. The molecule has 0 radical (unpaired) electrons. The molecule has 2 N–H and O–H groups in total. The summed E-state index contributed by atoms with van der Waals surface area (Å²) in [6.45, 7) is 1.26. The summed E-state index contributed by atoms with van der Waals surface area (Å²) < 4.78 is 5.17. The van der Waals surface area contributed by atoms with Gasteiger partial charge < -0.3 is 15.4 Å². The minimum absolute atomic E-state index is 0.400. The van der Waals surface area contributed by atoms with Crippen molar-refractivity contribution < 1.29 is 4.74 Å². The van der Waals surface area contributed by atoms with Crippen LogP contribution in [0.15, 0.2) is 35.7 Å². The number of nitrogens with zero attached hydrogens (tertiary/aromatic N) is 1. The molecule has 2 rings (SSSR count). The molecule has 0 unspecified atom stereocenters. The van der Waals surface area contributed by atoms with Crippen molar-refractivity contribution >= 4 is 17.0 Å². The summed E-state index contributed by atoms with van der Waals surface area (Å²) in [6.07, 6.45) is 0. The standard InChI is InChI=1S/C16H18N2OS/c1-18(14-5-7-15(19-2)8-6-14)11-16-10-13(12-20-16)4-3-9-17/h5-8,10,12H,9,11,17H2,1-2H3. The minimum atomic E-state index is 0.400. The average molecular weight is 286 g/mol. The van der Waals surface area contributed by atoms with Gasteiger partial charge in [0.25, 0.3) is 0 Å². The second kappa shape index (κ2) is 6.99. The number of hydrogen-bond donors (Lipinski definition) is 1. The van der Waals surface area contributed by atoms with Gasteiger partial charge in [0.15, 0.2) is 0 Å². The van der Waals surface area contributed by atoms with Crippen molar-refractivity contribution in [2.24, 2.45) is 5.73 Å². The molecule has 0 aliphatic heterocycles. The molecule has 20 heavy (non-hydrogen) atoms. The Balaban J connectivity index is 2.02. The van der Waals surface area contributed by atoms with Gasteiger partial charge in [0.1, 0.15) is 5.75 Å². The van der Waals surface area contributed by atoms with Crippen molar-refractivity contribution in [2.45, 2.75) is 6.54 Å². The molecule has 1 aromatic heterocycles. The molecule has 0 amide bonds. The zero-order chi connectivity index (χ0) is 14.4. The predicted molar refractivity (Wildman–Crippen MR) is 85.4 cm³/mol. The molecule has 1 heterocycles. The van der Waals surface area contributed by atoms with Gasteiger partial charge in [-0.3, -0.25) is 0 Å². The highest BCUT2D eigenvalue weighted by molar-refractivity contribution is 7.10. The van der Waals surface area contributed by atoms with E-state index in [2.05, 4.69) is 47.4 Å². The number of hydrogen-bond acceptors (Lipinski definition) is 4. The molecule has 4 heteroatoms. The normalized spacial score (nSPS) is 9.75. The fraction of sp³-hybridized carbons (Fsp3) is 0.250. The maximum atomic E-state index is 5.37. The number of rotatable bonds is 4. The van der Waals surface area contributed by atoms with Gasteiger partial charge in [0, 0.05) is 28.6 Å². The Bertz CT molecular complexity index is 607. The lowest BCUT2D eigenvalue weighted by Crippen LogP contribution is -2.15. The molecule has 0 saturated heterocycles. The average Bonchev–Trinajstić information content (AvgIpc) is 2.92. The van der Waals surface area contributed by atoms with Crippen LogP contribution in [0.4, 0.5) is 5.69 Å². The highest BCUT2D eigenvalue weighted by Crippen LogP contribution is 2.22. The Morgan fingerprint density at radius 3 is 2.70 bits per heavy atom. The number of nitrogens with two attached hydrogens (primary N) is 1. The van der Waals surface area contributed by atoms with E-state index >= 15 is 0 Å². The van der Waals surface area contributed by atoms with E-state index in [9.17, 15) is 0 Å². The quantitative estimate of drug-likeness (QED) is 0.878. The van der Waals surface area contributed by atoms with Crippen molar-refractivity contribution in [2.75, 3.05) is 25.6 Å². The second-order valence-electron chi connectivity index (χ2n) is 4.36. The topological polar surface area (TPSA) is 38.5 Å². The molecule has 0 atom stereocenters. The molecule has 0 fully saturated rings. The van der Waals surface area contributed by atoms with E-state index in [0.29, 0.717) is 6.54 Å². The molecular weight excluding hydrogens is 268 g/mol. The van der Waals surface area contributed by atoms with Gasteiger partial charge in [-0.1, -0.05) is 11.8 Å². The Labute approximate surface area is 124 Å². The van der Waals surface area contributed by atoms with Crippen LogP contribution in [-0.2, 0) is 6.54 Å². The minimum Gasteiger partial charge on any atom is -0.497 e. The van der Waals surface area contributed by atoms with Crippen molar-refractivity contribution in [3.63, 3.8) is 0 Å². The van der Waals surface area contributed by atoms with Gasteiger partial charge in [-0.15, -0.1) is 11.3 Å². The molecule has 3 nitrogen and oxygen atoms in total. The number of thiophene rings is 1. The lowest BCUT2D eigenvalue weighted by Gasteiger charge is -2.18.